The quantitative estimate of drug-likeness (QED) is 0.179. The molecule has 6 nitrogen and oxygen atoms in total. The van der Waals surface area contributed by atoms with E-state index in [4.69, 9.17) is 21.1 Å². The van der Waals surface area contributed by atoms with Crippen molar-refractivity contribution in [1.29, 1.82) is 0 Å². The van der Waals surface area contributed by atoms with Crippen molar-refractivity contribution in [2.45, 2.75) is 52.5 Å². The molecule has 0 radical (unpaired) electrons. The Bertz CT molecular complexity index is 1050. The Labute approximate surface area is 206 Å². The summed E-state index contributed by atoms with van der Waals surface area (Å²) in [4.78, 5) is 27.4. The summed E-state index contributed by atoms with van der Waals surface area (Å²) in [7, 11) is 0. The number of hydrogen-bond acceptors (Lipinski definition) is 5. The number of Topliss-reactive ketones (excluding diaryl/α,β-unsaturated/α-hetero) is 1. The van der Waals surface area contributed by atoms with Crippen LogP contribution in [0.2, 0.25) is 5.02 Å². The van der Waals surface area contributed by atoms with Gasteiger partial charge in [0.2, 0.25) is 0 Å². The Morgan fingerprint density at radius 1 is 1.00 bits per heavy atom. The normalized spacial score (nSPS) is 17.3. The van der Waals surface area contributed by atoms with E-state index >= 15 is 0 Å². The number of halogens is 1. The number of amides is 1. The average molecular weight is 486 g/mol. The number of ether oxygens (including phenoxy) is 2. The van der Waals surface area contributed by atoms with Gasteiger partial charge in [-0.2, -0.15) is 0 Å². The van der Waals surface area contributed by atoms with Gasteiger partial charge in [0.05, 0.1) is 29.9 Å². The number of aliphatic hydroxyl groups excluding tert-OH is 1. The molecule has 3 rings (SSSR count). The molecule has 2 aromatic carbocycles. The summed E-state index contributed by atoms with van der Waals surface area (Å²) in [6, 6.07) is 11.5. The third-order valence-corrected chi connectivity index (χ3v) is 6.03. The van der Waals surface area contributed by atoms with Crippen LogP contribution >= 0.6 is 11.6 Å². The number of hydrogen-bond donors (Lipinski definition) is 1. The molecule has 1 heterocycles. The lowest BCUT2D eigenvalue weighted by Crippen LogP contribution is -2.30. The van der Waals surface area contributed by atoms with Crippen LogP contribution in [0.4, 0.5) is 0 Å². The number of ketones is 1. The lowest BCUT2D eigenvalue weighted by atomic mass is 9.95. The van der Waals surface area contributed by atoms with Crippen LogP contribution in [0, 0.1) is 0 Å². The summed E-state index contributed by atoms with van der Waals surface area (Å²) in [6.07, 6.45) is 3.90. The molecule has 1 amide bonds. The van der Waals surface area contributed by atoms with Crippen LogP contribution in [0.25, 0.3) is 5.76 Å². The summed E-state index contributed by atoms with van der Waals surface area (Å²) in [5, 5.41) is 11.6. The van der Waals surface area contributed by atoms with Gasteiger partial charge in [-0.3, -0.25) is 9.59 Å². The first kappa shape index (κ1) is 25.6. The molecule has 7 heteroatoms. The molecule has 1 fully saturated rings. The third-order valence-electron chi connectivity index (χ3n) is 5.72. The topological polar surface area (TPSA) is 76.1 Å². The standard InChI is InChI=1S/C27H32ClNO5/c1-4-7-8-16-34-20-12-9-18(10-13-20)24-23(26(31)27(32)29(24)15-5-2)25(30)19-11-14-21(28)22(17-19)33-6-3/h9-14,17,24,30H,4-8,15-16H2,1-3H3/b25-23-. The lowest BCUT2D eigenvalue weighted by molar-refractivity contribution is -0.139. The van der Waals surface area contributed by atoms with E-state index in [1.807, 2.05) is 38.1 Å². The van der Waals surface area contributed by atoms with Gasteiger partial charge < -0.3 is 19.5 Å². The molecule has 1 aliphatic rings. The van der Waals surface area contributed by atoms with Crippen molar-refractivity contribution in [3.8, 4) is 11.5 Å². The summed E-state index contributed by atoms with van der Waals surface area (Å²) in [5.41, 5.74) is 1.15. The Kier molecular flexibility index (Phi) is 8.99. The van der Waals surface area contributed by atoms with Crippen molar-refractivity contribution in [3.05, 3.63) is 64.2 Å². The number of nitrogens with zero attached hydrogens (tertiary/aromatic N) is 1. The van der Waals surface area contributed by atoms with Gasteiger partial charge in [0.15, 0.2) is 0 Å². The Balaban J connectivity index is 2.00. The molecule has 2 aromatic rings. The van der Waals surface area contributed by atoms with E-state index in [2.05, 4.69) is 6.92 Å². The van der Waals surface area contributed by atoms with Gasteiger partial charge in [-0.05, 0) is 55.7 Å². The molecule has 0 aromatic heterocycles. The maximum Gasteiger partial charge on any atom is 0.295 e. The van der Waals surface area contributed by atoms with E-state index in [9.17, 15) is 14.7 Å². The molecule has 1 aliphatic heterocycles. The number of likely N-dealkylation sites (tertiary alicyclic amines) is 1. The van der Waals surface area contributed by atoms with Crippen LogP contribution in [0.5, 0.6) is 11.5 Å². The van der Waals surface area contributed by atoms with E-state index in [0.29, 0.717) is 42.5 Å². The van der Waals surface area contributed by atoms with Crippen LogP contribution in [0.1, 0.15) is 63.6 Å². The SMILES string of the molecule is CCCCCOc1ccc(C2/C(=C(/O)c3ccc(Cl)c(OCC)c3)C(=O)C(=O)N2CCC)cc1. The second kappa shape index (κ2) is 11.9. The van der Waals surface area contributed by atoms with Crippen LogP contribution in [0.3, 0.4) is 0 Å². The van der Waals surface area contributed by atoms with E-state index in [-0.39, 0.29) is 11.3 Å². The Hall–Kier alpha value is -2.99. The van der Waals surface area contributed by atoms with Crippen LogP contribution in [-0.2, 0) is 9.59 Å². The van der Waals surface area contributed by atoms with Crippen molar-refractivity contribution < 1.29 is 24.2 Å². The van der Waals surface area contributed by atoms with E-state index < -0.39 is 17.7 Å². The fourth-order valence-electron chi connectivity index (χ4n) is 4.06. The molecule has 0 bridgehead atoms. The molecular formula is C27H32ClNO5. The van der Waals surface area contributed by atoms with Gasteiger partial charge in [0.25, 0.3) is 11.7 Å². The van der Waals surface area contributed by atoms with Gasteiger partial charge in [0.1, 0.15) is 17.3 Å². The number of unbranched alkanes of at least 4 members (excludes halogenated alkanes) is 2. The fourth-order valence-corrected chi connectivity index (χ4v) is 4.23. The maximum absolute atomic E-state index is 13.0. The number of benzene rings is 2. The molecule has 182 valence electrons. The van der Waals surface area contributed by atoms with Crippen molar-refractivity contribution in [2.75, 3.05) is 19.8 Å². The molecule has 1 atom stereocenters. The van der Waals surface area contributed by atoms with E-state index in [0.717, 1.165) is 30.6 Å². The van der Waals surface area contributed by atoms with Crippen molar-refractivity contribution >= 4 is 29.1 Å². The summed E-state index contributed by atoms with van der Waals surface area (Å²) in [5.74, 6) is -0.445. The van der Waals surface area contributed by atoms with Gasteiger partial charge in [-0.15, -0.1) is 0 Å². The zero-order chi connectivity index (χ0) is 24.7. The molecule has 34 heavy (non-hydrogen) atoms. The average Bonchev–Trinajstić information content (AvgIpc) is 3.08. The first-order chi connectivity index (χ1) is 16.4. The molecule has 0 aliphatic carbocycles. The van der Waals surface area contributed by atoms with Gasteiger partial charge in [0, 0.05) is 12.1 Å². The fraction of sp³-hybridized carbons (Fsp3) is 0.407. The number of aliphatic hydroxyl groups is 1. The second-order valence-electron chi connectivity index (χ2n) is 8.20. The van der Waals surface area contributed by atoms with Crippen molar-refractivity contribution in [2.24, 2.45) is 0 Å². The number of carbonyl (C=O) groups excluding carboxylic acids is 2. The smallest absolute Gasteiger partial charge is 0.295 e. The zero-order valence-electron chi connectivity index (χ0n) is 20.0. The molecule has 1 unspecified atom stereocenters. The minimum atomic E-state index is -0.705. The lowest BCUT2D eigenvalue weighted by Gasteiger charge is -2.25. The predicted molar refractivity (Wildman–Crippen MR) is 133 cm³/mol. The highest BCUT2D eigenvalue weighted by Gasteiger charge is 2.45. The maximum atomic E-state index is 13.0. The Morgan fingerprint density at radius 2 is 1.74 bits per heavy atom. The van der Waals surface area contributed by atoms with Crippen LogP contribution in [0.15, 0.2) is 48.0 Å². The molecule has 0 spiro atoms. The van der Waals surface area contributed by atoms with E-state index in [1.54, 1.807) is 18.2 Å². The molecular weight excluding hydrogens is 454 g/mol. The largest absolute Gasteiger partial charge is 0.507 e. The molecule has 1 saturated heterocycles. The van der Waals surface area contributed by atoms with Crippen molar-refractivity contribution in [1.82, 2.24) is 4.90 Å². The van der Waals surface area contributed by atoms with Crippen LogP contribution in [-0.4, -0.2) is 41.5 Å². The predicted octanol–water partition coefficient (Wildman–Crippen LogP) is 6.14. The third kappa shape index (κ3) is 5.55. The minimum absolute atomic E-state index is 0.0554. The Morgan fingerprint density at radius 3 is 2.38 bits per heavy atom. The van der Waals surface area contributed by atoms with Gasteiger partial charge in [-0.1, -0.05) is 50.4 Å². The highest BCUT2D eigenvalue weighted by atomic mass is 35.5. The van der Waals surface area contributed by atoms with E-state index in [1.165, 1.54) is 4.90 Å². The van der Waals surface area contributed by atoms with Gasteiger partial charge in [-0.25, -0.2) is 0 Å². The summed E-state index contributed by atoms with van der Waals surface area (Å²) in [6.45, 7) is 7.35. The van der Waals surface area contributed by atoms with Crippen LogP contribution < -0.4 is 9.47 Å². The highest BCUT2D eigenvalue weighted by molar-refractivity contribution is 6.46. The summed E-state index contributed by atoms with van der Waals surface area (Å²) >= 11 is 6.18. The number of carbonyl (C=O) groups is 2. The minimum Gasteiger partial charge on any atom is -0.507 e. The molecule has 0 saturated carbocycles. The first-order valence-corrected chi connectivity index (χ1v) is 12.2. The summed E-state index contributed by atoms with van der Waals surface area (Å²) < 4.78 is 11.3. The van der Waals surface area contributed by atoms with Crippen molar-refractivity contribution in [3.63, 3.8) is 0 Å². The highest BCUT2D eigenvalue weighted by Crippen LogP contribution is 2.40. The molecule has 1 N–H and O–H groups in total. The van der Waals surface area contributed by atoms with Gasteiger partial charge >= 0.3 is 0 Å². The number of rotatable bonds is 11. The zero-order valence-corrected chi connectivity index (χ0v) is 20.7. The second-order valence-corrected chi connectivity index (χ2v) is 8.60. The monoisotopic (exact) mass is 485 g/mol. The first-order valence-electron chi connectivity index (χ1n) is 11.9.